The van der Waals surface area contributed by atoms with Gasteiger partial charge in [-0.1, -0.05) is 37.3 Å². The molecule has 1 atom stereocenters. The maximum Gasteiger partial charge on any atom is 0.214 e. The zero-order valence-electron chi connectivity index (χ0n) is 15.4. The van der Waals surface area contributed by atoms with Crippen molar-refractivity contribution in [3.8, 4) is 0 Å². The first-order chi connectivity index (χ1) is 11.9. The Labute approximate surface area is 152 Å². The highest BCUT2D eigenvalue weighted by molar-refractivity contribution is 7.89. The summed E-state index contributed by atoms with van der Waals surface area (Å²) in [5, 5.41) is 0. The Morgan fingerprint density at radius 2 is 1.92 bits per heavy atom. The lowest BCUT2D eigenvalue weighted by Gasteiger charge is -2.38. The number of rotatable bonds is 6. The molecular formula is C19H30N2O3S. The summed E-state index contributed by atoms with van der Waals surface area (Å²) in [7, 11) is -0.929. The van der Waals surface area contributed by atoms with Gasteiger partial charge in [-0.05, 0) is 38.3 Å². The lowest BCUT2D eigenvalue weighted by Crippen LogP contribution is -2.47. The molecule has 3 rings (SSSR count). The second-order valence-corrected chi connectivity index (χ2v) is 9.56. The summed E-state index contributed by atoms with van der Waals surface area (Å²) in [6, 6.07) is 10.9. The molecule has 2 saturated heterocycles. The zero-order chi connectivity index (χ0) is 17.9. The molecule has 0 radical (unpaired) electrons. The molecule has 0 N–H and O–H groups in total. The SMILES string of the molecule is CCCS(=O)(=O)N1CCC2(CC1)CC(N(C)Cc1ccccc1)CO2. The van der Waals surface area contributed by atoms with E-state index in [-0.39, 0.29) is 11.4 Å². The molecule has 0 aliphatic carbocycles. The Morgan fingerprint density at radius 3 is 2.56 bits per heavy atom. The quantitative estimate of drug-likeness (QED) is 0.776. The van der Waals surface area contributed by atoms with Crippen molar-refractivity contribution in [3.63, 3.8) is 0 Å². The predicted octanol–water partition coefficient (Wildman–Crippen LogP) is 2.48. The van der Waals surface area contributed by atoms with Crippen molar-refractivity contribution in [2.24, 2.45) is 0 Å². The molecule has 0 bridgehead atoms. The monoisotopic (exact) mass is 366 g/mol. The van der Waals surface area contributed by atoms with Crippen LogP contribution in [0.1, 0.15) is 38.2 Å². The van der Waals surface area contributed by atoms with Gasteiger partial charge in [-0.3, -0.25) is 4.90 Å². The number of sulfonamides is 1. The highest BCUT2D eigenvalue weighted by atomic mass is 32.2. The third-order valence-electron chi connectivity index (χ3n) is 5.58. The number of piperidine rings is 1. The van der Waals surface area contributed by atoms with Gasteiger partial charge in [0.15, 0.2) is 0 Å². The van der Waals surface area contributed by atoms with E-state index in [0.29, 0.717) is 25.6 Å². The average Bonchev–Trinajstić information content (AvgIpc) is 3.00. The van der Waals surface area contributed by atoms with Crippen LogP contribution in [0.3, 0.4) is 0 Å². The summed E-state index contributed by atoms with van der Waals surface area (Å²) in [5.74, 6) is 0.253. The molecule has 1 spiro atoms. The van der Waals surface area contributed by atoms with Gasteiger partial charge in [-0.2, -0.15) is 0 Å². The molecule has 2 heterocycles. The fourth-order valence-corrected chi connectivity index (χ4v) is 5.52. The average molecular weight is 367 g/mol. The van der Waals surface area contributed by atoms with Crippen molar-refractivity contribution in [3.05, 3.63) is 35.9 Å². The number of benzene rings is 1. The molecule has 1 aromatic carbocycles. The van der Waals surface area contributed by atoms with E-state index in [4.69, 9.17) is 4.74 Å². The van der Waals surface area contributed by atoms with Gasteiger partial charge in [0, 0.05) is 25.7 Å². The van der Waals surface area contributed by atoms with Gasteiger partial charge in [-0.25, -0.2) is 12.7 Å². The van der Waals surface area contributed by atoms with E-state index < -0.39 is 10.0 Å². The van der Waals surface area contributed by atoms with Crippen molar-refractivity contribution in [1.29, 1.82) is 0 Å². The zero-order valence-corrected chi connectivity index (χ0v) is 16.2. The van der Waals surface area contributed by atoms with Gasteiger partial charge >= 0.3 is 0 Å². The Balaban J connectivity index is 1.54. The maximum atomic E-state index is 12.2. The van der Waals surface area contributed by atoms with Crippen molar-refractivity contribution >= 4 is 10.0 Å². The van der Waals surface area contributed by atoms with Crippen LogP contribution in [-0.4, -0.2) is 61.8 Å². The van der Waals surface area contributed by atoms with Crippen LogP contribution in [0.2, 0.25) is 0 Å². The Bertz CT molecular complexity index is 655. The van der Waals surface area contributed by atoms with Crippen LogP contribution >= 0.6 is 0 Å². The first-order valence-corrected chi connectivity index (χ1v) is 10.9. The normalized spacial score (nSPS) is 24.2. The van der Waals surface area contributed by atoms with Gasteiger partial charge in [0.2, 0.25) is 10.0 Å². The minimum Gasteiger partial charge on any atom is -0.373 e. The number of likely N-dealkylation sites (N-methyl/N-ethyl adjacent to an activating group) is 1. The van der Waals surface area contributed by atoms with Crippen LogP contribution < -0.4 is 0 Å². The molecule has 0 amide bonds. The second-order valence-electron chi connectivity index (χ2n) is 7.47. The molecule has 0 saturated carbocycles. The van der Waals surface area contributed by atoms with E-state index in [1.54, 1.807) is 4.31 Å². The van der Waals surface area contributed by atoms with E-state index in [0.717, 1.165) is 32.4 Å². The first-order valence-electron chi connectivity index (χ1n) is 9.30. The van der Waals surface area contributed by atoms with E-state index in [9.17, 15) is 8.42 Å². The molecule has 0 aromatic heterocycles. The Morgan fingerprint density at radius 1 is 1.24 bits per heavy atom. The molecule has 6 heteroatoms. The summed E-state index contributed by atoms with van der Waals surface area (Å²) in [5.41, 5.74) is 1.18. The summed E-state index contributed by atoms with van der Waals surface area (Å²) in [6.45, 7) is 4.76. The molecule has 5 nitrogen and oxygen atoms in total. The number of hydrogen-bond donors (Lipinski definition) is 0. The molecule has 2 fully saturated rings. The van der Waals surface area contributed by atoms with E-state index in [2.05, 4.69) is 36.2 Å². The van der Waals surface area contributed by atoms with Crippen LogP contribution in [0.5, 0.6) is 0 Å². The van der Waals surface area contributed by atoms with E-state index in [1.165, 1.54) is 5.56 Å². The van der Waals surface area contributed by atoms with E-state index >= 15 is 0 Å². The van der Waals surface area contributed by atoms with Crippen molar-refractivity contribution < 1.29 is 13.2 Å². The highest BCUT2D eigenvalue weighted by Crippen LogP contribution is 2.38. The molecule has 25 heavy (non-hydrogen) atoms. The summed E-state index contributed by atoms with van der Waals surface area (Å²) >= 11 is 0. The van der Waals surface area contributed by atoms with Crippen molar-refractivity contribution in [2.45, 2.75) is 50.8 Å². The fourth-order valence-electron chi connectivity index (χ4n) is 4.01. The molecule has 2 aliphatic heterocycles. The lowest BCUT2D eigenvalue weighted by atomic mass is 9.88. The summed E-state index contributed by atoms with van der Waals surface area (Å²) in [4.78, 5) is 2.37. The molecule has 1 unspecified atom stereocenters. The Kier molecular flexibility index (Phi) is 5.83. The number of nitrogens with zero attached hydrogens (tertiary/aromatic N) is 2. The molecule has 140 valence electrons. The van der Waals surface area contributed by atoms with Gasteiger partial charge in [-0.15, -0.1) is 0 Å². The van der Waals surface area contributed by atoms with Crippen molar-refractivity contribution in [1.82, 2.24) is 9.21 Å². The third kappa shape index (κ3) is 4.42. The minimum absolute atomic E-state index is 0.131. The highest BCUT2D eigenvalue weighted by Gasteiger charge is 2.45. The summed E-state index contributed by atoms with van der Waals surface area (Å²) in [6.07, 6.45) is 3.29. The second kappa shape index (κ2) is 7.74. The largest absolute Gasteiger partial charge is 0.373 e. The van der Waals surface area contributed by atoms with Gasteiger partial charge in [0.05, 0.1) is 18.0 Å². The molecule has 2 aliphatic rings. The topological polar surface area (TPSA) is 49.9 Å². The third-order valence-corrected chi connectivity index (χ3v) is 7.65. The van der Waals surface area contributed by atoms with Crippen LogP contribution in [0, 0.1) is 0 Å². The molecule has 1 aromatic rings. The van der Waals surface area contributed by atoms with Gasteiger partial charge in [0.1, 0.15) is 0 Å². The Hall–Kier alpha value is -0.950. The smallest absolute Gasteiger partial charge is 0.214 e. The van der Waals surface area contributed by atoms with Gasteiger partial charge in [0.25, 0.3) is 0 Å². The molecular weight excluding hydrogens is 336 g/mol. The number of ether oxygens (including phenoxy) is 1. The first kappa shape index (κ1) is 18.8. The lowest BCUT2D eigenvalue weighted by molar-refractivity contribution is -0.0316. The maximum absolute atomic E-state index is 12.2. The van der Waals surface area contributed by atoms with Crippen LogP contribution in [0.25, 0.3) is 0 Å². The standard InChI is InChI=1S/C19H30N2O3S/c1-3-13-25(22,23)21-11-9-19(10-12-21)14-18(16-24-19)20(2)15-17-7-5-4-6-8-17/h4-8,18H,3,9-16H2,1-2H3. The predicted molar refractivity (Wildman–Crippen MR) is 99.9 cm³/mol. The van der Waals surface area contributed by atoms with Crippen LogP contribution in [0.4, 0.5) is 0 Å². The van der Waals surface area contributed by atoms with Crippen LogP contribution in [-0.2, 0) is 21.3 Å². The number of hydrogen-bond acceptors (Lipinski definition) is 4. The van der Waals surface area contributed by atoms with E-state index in [1.807, 2.05) is 13.0 Å². The summed E-state index contributed by atoms with van der Waals surface area (Å²) < 4.78 is 32.4. The van der Waals surface area contributed by atoms with Crippen molar-refractivity contribution in [2.75, 3.05) is 32.5 Å². The van der Waals surface area contributed by atoms with Gasteiger partial charge < -0.3 is 4.74 Å². The minimum atomic E-state index is -3.08. The fraction of sp³-hybridized carbons (Fsp3) is 0.684. The van der Waals surface area contributed by atoms with Crippen LogP contribution in [0.15, 0.2) is 30.3 Å².